The van der Waals surface area contributed by atoms with Gasteiger partial charge in [0.05, 0.1) is 11.4 Å². The van der Waals surface area contributed by atoms with E-state index in [0.29, 0.717) is 5.92 Å². The van der Waals surface area contributed by atoms with Gasteiger partial charge in [-0.2, -0.15) is 0 Å². The SMILES string of the molecule is CC[C@@H](C)[C@@H]1Nc2ccccc2NC1=O. The van der Waals surface area contributed by atoms with Crippen molar-refractivity contribution in [2.75, 3.05) is 10.6 Å². The summed E-state index contributed by atoms with van der Waals surface area (Å²) in [6.07, 6.45) is 0.993. The van der Waals surface area contributed by atoms with Gasteiger partial charge in [-0.15, -0.1) is 0 Å². The molecule has 0 radical (unpaired) electrons. The van der Waals surface area contributed by atoms with Crippen LogP contribution in [0.3, 0.4) is 0 Å². The molecule has 0 saturated heterocycles. The standard InChI is InChI=1S/C12H16N2O/c1-3-8(2)11-12(15)14-10-7-5-4-6-9(10)13-11/h4-8,11,13H,3H2,1-2H3,(H,14,15)/t8-,11+/m1/s1. The predicted octanol–water partition coefficient (Wildman–Crippen LogP) is 2.47. The van der Waals surface area contributed by atoms with Gasteiger partial charge in [-0.1, -0.05) is 32.4 Å². The van der Waals surface area contributed by atoms with Crippen molar-refractivity contribution in [2.45, 2.75) is 26.3 Å². The van der Waals surface area contributed by atoms with Crippen molar-refractivity contribution in [2.24, 2.45) is 5.92 Å². The number of benzene rings is 1. The molecule has 80 valence electrons. The molecule has 0 aliphatic carbocycles. The summed E-state index contributed by atoms with van der Waals surface area (Å²) in [4.78, 5) is 11.8. The van der Waals surface area contributed by atoms with Gasteiger partial charge in [0.15, 0.2) is 0 Å². The summed E-state index contributed by atoms with van der Waals surface area (Å²) >= 11 is 0. The third-order valence-electron chi connectivity index (χ3n) is 2.99. The molecular formula is C12H16N2O. The molecule has 3 nitrogen and oxygen atoms in total. The molecule has 1 heterocycles. The van der Waals surface area contributed by atoms with Crippen LogP contribution in [-0.2, 0) is 4.79 Å². The van der Waals surface area contributed by atoms with Crippen LogP contribution in [0, 0.1) is 5.92 Å². The Morgan fingerprint density at radius 3 is 2.67 bits per heavy atom. The zero-order chi connectivity index (χ0) is 10.8. The zero-order valence-corrected chi connectivity index (χ0v) is 9.08. The van der Waals surface area contributed by atoms with Crippen LogP contribution in [0.2, 0.25) is 0 Å². The van der Waals surface area contributed by atoms with Crippen molar-refractivity contribution in [3.8, 4) is 0 Å². The van der Waals surface area contributed by atoms with Crippen LogP contribution in [0.15, 0.2) is 24.3 Å². The molecule has 0 aromatic heterocycles. The Kier molecular flexibility index (Phi) is 2.62. The first-order valence-electron chi connectivity index (χ1n) is 5.38. The Bertz CT molecular complexity index is 376. The van der Waals surface area contributed by atoms with E-state index in [-0.39, 0.29) is 11.9 Å². The van der Waals surface area contributed by atoms with Gasteiger partial charge in [-0.25, -0.2) is 0 Å². The third kappa shape index (κ3) is 1.82. The van der Waals surface area contributed by atoms with Gasteiger partial charge in [-0.05, 0) is 18.1 Å². The Hall–Kier alpha value is -1.51. The fraction of sp³-hybridized carbons (Fsp3) is 0.417. The summed E-state index contributed by atoms with van der Waals surface area (Å²) in [7, 11) is 0. The minimum atomic E-state index is -0.107. The van der Waals surface area contributed by atoms with Crippen molar-refractivity contribution in [1.82, 2.24) is 0 Å². The molecule has 0 unspecified atom stereocenters. The minimum absolute atomic E-state index is 0.0723. The average molecular weight is 204 g/mol. The topological polar surface area (TPSA) is 41.1 Å². The normalized spacial score (nSPS) is 21.2. The molecule has 3 heteroatoms. The smallest absolute Gasteiger partial charge is 0.247 e. The fourth-order valence-corrected chi connectivity index (χ4v) is 1.80. The molecule has 15 heavy (non-hydrogen) atoms. The molecule has 0 spiro atoms. The Balaban J connectivity index is 2.26. The molecule has 1 aliphatic rings. The Morgan fingerprint density at radius 2 is 2.00 bits per heavy atom. The highest BCUT2D eigenvalue weighted by Gasteiger charge is 2.28. The lowest BCUT2D eigenvalue weighted by atomic mass is 9.96. The van der Waals surface area contributed by atoms with Gasteiger partial charge in [-0.3, -0.25) is 4.79 Å². The van der Waals surface area contributed by atoms with Crippen LogP contribution in [0.25, 0.3) is 0 Å². The molecule has 1 amide bonds. The van der Waals surface area contributed by atoms with E-state index < -0.39 is 0 Å². The van der Waals surface area contributed by atoms with Crippen molar-refractivity contribution in [1.29, 1.82) is 0 Å². The zero-order valence-electron chi connectivity index (χ0n) is 9.08. The van der Waals surface area contributed by atoms with Gasteiger partial charge >= 0.3 is 0 Å². The van der Waals surface area contributed by atoms with Crippen molar-refractivity contribution in [3.63, 3.8) is 0 Å². The van der Waals surface area contributed by atoms with E-state index in [4.69, 9.17) is 0 Å². The number of rotatable bonds is 2. The van der Waals surface area contributed by atoms with Gasteiger partial charge in [0.25, 0.3) is 0 Å². The quantitative estimate of drug-likeness (QED) is 0.777. The third-order valence-corrected chi connectivity index (χ3v) is 2.99. The Labute approximate surface area is 89.9 Å². The second-order valence-electron chi connectivity index (χ2n) is 4.04. The summed E-state index contributed by atoms with van der Waals surface area (Å²) < 4.78 is 0. The maximum absolute atomic E-state index is 11.8. The highest BCUT2D eigenvalue weighted by atomic mass is 16.2. The highest BCUT2D eigenvalue weighted by Crippen LogP contribution is 2.28. The summed E-state index contributed by atoms with van der Waals surface area (Å²) in [5, 5.41) is 6.21. The highest BCUT2D eigenvalue weighted by molar-refractivity contribution is 6.03. The lowest BCUT2D eigenvalue weighted by molar-refractivity contribution is -0.118. The lowest BCUT2D eigenvalue weighted by Gasteiger charge is -2.30. The maximum atomic E-state index is 11.8. The number of fused-ring (bicyclic) bond motifs is 1. The molecule has 2 atom stereocenters. The van der Waals surface area contributed by atoms with Crippen molar-refractivity contribution in [3.05, 3.63) is 24.3 Å². The lowest BCUT2D eigenvalue weighted by Crippen LogP contribution is -2.43. The second kappa shape index (κ2) is 3.93. The minimum Gasteiger partial charge on any atom is -0.372 e. The monoisotopic (exact) mass is 204 g/mol. The molecule has 1 aromatic carbocycles. The number of anilines is 2. The number of hydrogen-bond acceptors (Lipinski definition) is 2. The molecule has 2 rings (SSSR count). The number of nitrogens with one attached hydrogen (secondary N) is 2. The molecule has 0 fully saturated rings. The molecule has 1 aromatic rings. The first-order chi connectivity index (χ1) is 7.22. The number of hydrogen-bond donors (Lipinski definition) is 2. The van der Waals surface area contributed by atoms with Crippen molar-refractivity contribution >= 4 is 17.3 Å². The average Bonchev–Trinajstić information content (AvgIpc) is 2.27. The predicted molar refractivity (Wildman–Crippen MR) is 61.9 cm³/mol. The molecule has 0 bridgehead atoms. The largest absolute Gasteiger partial charge is 0.372 e. The van der Waals surface area contributed by atoms with Crippen LogP contribution < -0.4 is 10.6 Å². The van der Waals surface area contributed by atoms with E-state index in [0.717, 1.165) is 17.8 Å². The number of carbonyl (C=O) groups excluding carboxylic acids is 1. The van der Waals surface area contributed by atoms with Crippen LogP contribution in [0.5, 0.6) is 0 Å². The van der Waals surface area contributed by atoms with Crippen LogP contribution in [0.4, 0.5) is 11.4 Å². The molecule has 2 N–H and O–H groups in total. The van der Waals surface area contributed by atoms with Gasteiger partial charge in [0, 0.05) is 0 Å². The van der Waals surface area contributed by atoms with Gasteiger partial charge in [0.2, 0.25) is 5.91 Å². The number of amides is 1. The van der Waals surface area contributed by atoms with Gasteiger partial charge < -0.3 is 10.6 Å². The second-order valence-corrected chi connectivity index (χ2v) is 4.04. The van der Waals surface area contributed by atoms with Crippen LogP contribution in [-0.4, -0.2) is 11.9 Å². The van der Waals surface area contributed by atoms with Gasteiger partial charge in [0.1, 0.15) is 6.04 Å². The van der Waals surface area contributed by atoms with E-state index >= 15 is 0 Å². The van der Waals surface area contributed by atoms with E-state index in [2.05, 4.69) is 24.5 Å². The fourth-order valence-electron chi connectivity index (χ4n) is 1.80. The summed E-state index contributed by atoms with van der Waals surface area (Å²) in [5.74, 6) is 0.418. The van der Waals surface area contributed by atoms with Crippen LogP contribution in [0.1, 0.15) is 20.3 Å². The summed E-state index contributed by atoms with van der Waals surface area (Å²) in [5.41, 5.74) is 1.89. The molecular weight excluding hydrogens is 188 g/mol. The molecule has 1 aliphatic heterocycles. The van der Waals surface area contributed by atoms with E-state index in [1.807, 2.05) is 24.3 Å². The van der Waals surface area contributed by atoms with E-state index in [9.17, 15) is 4.79 Å². The Morgan fingerprint density at radius 1 is 1.33 bits per heavy atom. The first-order valence-corrected chi connectivity index (χ1v) is 5.38. The molecule has 0 saturated carbocycles. The number of carbonyl (C=O) groups is 1. The van der Waals surface area contributed by atoms with Crippen LogP contribution >= 0.6 is 0 Å². The van der Waals surface area contributed by atoms with E-state index in [1.54, 1.807) is 0 Å². The number of para-hydroxylation sites is 2. The summed E-state index contributed by atoms with van der Waals surface area (Å²) in [6.45, 7) is 4.19. The van der Waals surface area contributed by atoms with Crippen molar-refractivity contribution < 1.29 is 4.79 Å². The van der Waals surface area contributed by atoms with E-state index in [1.165, 1.54) is 0 Å². The first kappa shape index (κ1) is 10.0. The summed E-state index contributed by atoms with van der Waals surface area (Å²) in [6, 6.07) is 7.68. The maximum Gasteiger partial charge on any atom is 0.247 e.